The van der Waals surface area contributed by atoms with Gasteiger partial charge in [-0.1, -0.05) is 127 Å². The van der Waals surface area contributed by atoms with Gasteiger partial charge in [-0.3, -0.25) is 0 Å². The molecule has 1 heterocycles. The number of aromatic nitrogens is 2. The molecule has 2 rings (SSSR count). The lowest BCUT2D eigenvalue weighted by Gasteiger charge is -2.25. The number of hydrogen-bond acceptors (Lipinski definition) is 0. The summed E-state index contributed by atoms with van der Waals surface area (Å²) < 4.78 is 4.67. The molecule has 0 N–H and O–H groups in total. The Kier molecular flexibility index (Phi) is 17.2. The van der Waals surface area contributed by atoms with E-state index in [1.54, 1.807) is 0 Å². The monoisotopic (exact) mass is 474 g/mol. The van der Waals surface area contributed by atoms with Crippen molar-refractivity contribution >= 4 is 0 Å². The predicted molar refractivity (Wildman–Crippen MR) is 140 cm³/mol. The van der Waals surface area contributed by atoms with Gasteiger partial charge in [-0.15, -0.1) is 6.58 Å². The van der Waals surface area contributed by atoms with E-state index in [0.717, 1.165) is 19.5 Å². The van der Waals surface area contributed by atoms with Crippen molar-refractivity contribution < 1.29 is 17.0 Å². The van der Waals surface area contributed by atoms with Gasteiger partial charge in [0.15, 0.2) is 0 Å². The molecule has 2 nitrogen and oxygen atoms in total. The zero-order valence-corrected chi connectivity index (χ0v) is 22.3. The van der Waals surface area contributed by atoms with Crippen molar-refractivity contribution in [2.24, 2.45) is 5.41 Å². The first-order valence-corrected chi connectivity index (χ1v) is 13.8. The lowest BCUT2D eigenvalue weighted by atomic mass is 9.81. The summed E-state index contributed by atoms with van der Waals surface area (Å²) in [5.74, 6) is 0. The largest absolute Gasteiger partial charge is 1.00 e. The van der Waals surface area contributed by atoms with Crippen LogP contribution in [0.4, 0.5) is 0 Å². The maximum Gasteiger partial charge on any atom is 0.243 e. The van der Waals surface area contributed by atoms with Gasteiger partial charge in [0.1, 0.15) is 18.9 Å². The van der Waals surface area contributed by atoms with Crippen LogP contribution in [0, 0.1) is 5.41 Å². The van der Waals surface area contributed by atoms with Gasteiger partial charge in [-0.25, -0.2) is 9.13 Å². The van der Waals surface area contributed by atoms with Crippen molar-refractivity contribution in [3.8, 4) is 0 Å². The summed E-state index contributed by atoms with van der Waals surface area (Å²) in [6.07, 6.45) is 41.5. The molecule has 1 unspecified atom stereocenters. The van der Waals surface area contributed by atoms with Gasteiger partial charge < -0.3 is 12.4 Å². The Balaban J connectivity index is 0.00000544. The number of halogens is 1. The van der Waals surface area contributed by atoms with Crippen LogP contribution in [0.25, 0.3) is 0 Å². The Morgan fingerprint density at radius 1 is 0.818 bits per heavy atom. The number of allylic oxidation sites excluding steroid dienone is 5. The molecule has 0 amide bonds. The second-order valence-corrected chi connectivity index (χ2v) is 10.1. The average Bonchev–Trinajstić information content (AvgIpc) is 3.26. The molecule has 1 aliphatic carbocycles. The van der Waals surface area contributed by atoms with E-state index >= 15 is 0 Å². The van der Waals surface area contributed by atoms with Crippen molar-refractivity contribution in [3.63, 3.8) is 0 Å². The predicted octanol–water partition coefficient (Wildman–Crippen LogP) is 5.73. The van der Waals surface area contributed by atoms with Gasteiger partial charge in [-0.2, -0.15) is 0 Å². The van der Waals surface area contributed by atoms with E-state index in [1.807, 2.05) is 0 Å². The maximum atomic E-state index is 4.08. The summed E-state index contributed by atoms with van der Waals surface area (Å²) in [5, 5.41) is 0. The van der Waals surface area contributed by atoms with Crippen molar-refractivity contribution in [2.75, 3.05) is 0 Å². The Bertz CT molecular complexity index is 660. The second kappa shape index (κ2) is 19.1. The molecule has 188 valence electrons. The molecule has 1 aromatic heterocycles. The molecular weight excluding hydrogens is 424 g/mol. The topological polar surface area (TPSA) is 8.81 Å². The normalized spacial score (nSPS) is 17.2. The highest BCUT2D eigenvalue weighted by atomic mass is 35.5. The summed E-state index contributed by atoms with van der Waals surface area (Å²) >= 11 is 0. The summed E-state index contributed by atoms with van der Waals surface area (Å²) in [4.78, 5) is 0. The lowest BCUT2D eigenvalue weighted by molar-refractivity contribution is -0.705. The fraction of sp³-hybridized carbons (Fsp3) is 0.700. The fourth-order valence-electron chi connectivity index (χ4n) is 4.86. The van der Waals surface area contributed by atoms with Gasteiger partial charge in [0.05, 0.1) is 6.54 Å². The van der Waals surface area contributed by atoms with Crippen LogP contribution < -0.4 is 17.0 Å². The van der Waals surface area contributed by atoms with Crippen LogP contribution in [-0.4, -0.2) is 4.57 Å². The van der Waals surface area contributed by atoms with Gasteiger partial charge in [0.2, 0.25) is 6.33 Å². The van der Waals surface area contributed by atoms with Crippen LogP contribution in [0.15, 0.2) is 55.7 Å². The summed E-state index contributed by atoms with van der Waals surface area (Å²) in [6.45, 7) is 8.49. The van der Waals surface area contributed by atoms with E-state index in [-0.39, 0.29) is 17.8 Å². The smallest absolute Gasteiger partial charge is 0.243 e. The molecule has 1 aromatic rings. The molecule has 3 heteroatoms. The van der Waals surface area contributed by atoms with E-state index in [4.69, 9.17) is 0 Å². The maximum absolute atomic E-state index is 4.08. The highest BCUT2D eigenvalue weighted by Gasteiger charge is 2.26. The quantitative estimate of drug-likeness (QED) is 0.130. The minimum atomic E-state index is 0. The van der Waals surface area contributed by atoms with E-state index in [2.05, 4.69) is 71.7 Å². The van der Waals surface area contributed by atoms with E-state index in [1.165, 1.54) is 103 Å². The molecule has 0 aliphatic heterocycles. The molecule has 0 aromatic carbocycles. The third-order valence-corrected chi connectivity index (χ3v) is 7.07. The van der Waals surface area contributed by atoms with Crippen LogP contribution in [0.2, 0.25) is 0 Å². The van der Waals surface area contributed by atoms with Crippen LogP contribution in [-0.2, 0) is 13.1 Å². The molecule has 1 aliphatic rings. The first kappa shape index (κ1) is 29.8. The number of unbranched alkanes of at least 4 members (excludes halogenated alkanes) is 15. The molecular formula is C30H51ClN2. The highest BCUT2D eigenvalue weighted by molar-refractivity contribution is 5.20. The molecule has 0 saturated carbocycles. The number of imidazole rings is 1. The Hall–Kier alpha value is -1.28. The van der Waals surface area contributed by atoms with Crippen LogP contribution >= 0.6 is 0 Å². The van der Waals surface area contributed by atoms with Crippen molar-refractivity contribution in [2.45, 2.75) is 129 Å². The second-order valence-electron chi connectivity index (χ2n) is 10.1. The number of nitrogens with zero attached hydrogens (tertiary/aromatic N) is 2. The molecule has 33 heavy (non-hydrogen) atoms. The lowest BCUT2D eigenvalue weighted by Crippen LogP contribution is -3.00. The SMILES string of the molecule is C=CC1(C[n+]2ccn(CCCCCCCCCCCCCCCCCC)c2)C=CC=CC1.[Cl-]. The Morgan fingerprint density at radius 2 is 1.36 bits per heavy atom. The summed E-state index contributed by atoms with van der Waals surface area (Å²) in [7, 11) is 0. The van der Waals surface area contributed by atoms with E-state index in [0.29, 0.717) is 0 Å². The zero-order valence-electron chi connectivity index (χ0n) is 21.5. The van der Waals surface area contributed by atoms with Gasteiger partial charge in [-0.05, 0) is 19.3 Å². The molecule has 0 fully saturated rings. The first-order valence-electron chi connectivity index (χ1n) is 13.8. The van der Waals surface area contributed by atoms with Crippen LogP contribution in [0.1, 0.15) is 116 Å². The van der Waals surface area contributed by atoms with E-state index < -0.39 is 0 Å². The Morgan fingerprint density at radius 3 is 1.85 bits per heavy atom. The van der Waals surface area contributed by atoms with Crippen molar-refractivity contribution in [3.05, 3.63) is 55.7 Å². The number of hydrogen-bond donors (Lipinski definition) is 0. The van der Waals surface area contributed by atoms with Crippen molar-refractivity contribution in [1.29, 1.82) is 0 Å². The number of rotatable bonds is 20. The van der Waals surface area contributed by atoms with Gasteiger partial charge >= 0.3 is 0 Å². The molecule has 0 saturated heterocycles. The molecule has 0 spiro atoms. The first-order chi connectivity index (χ1) is 15.8. The zero-order chi connectivity index (χ0) is 22.7. The molecule has 1 atom stereocenters. The summed E-state index contributed by atoms with van der Waals surface area (Å²) in [6, 6.07) is 0. The molecule has 0 bridgehead atoms. The third kappa shape index (κ3) is 13.3. The van der Waals surface area contributed by atoms with Gasteiger partial charge in [0, 0.05) is 5.41 Å². The standard InChI is InChI=1S/C30H51N2.ClH/c1-3-5-6-7-8-9-10-11-12-13-14-15-16-17-18-22-25-31-26-27-32(29-31)28-30(4-2)23-20-19-21-24-30;/h4,19-21,23,26-27,29H,2-3,5-18,22,24-25,28H2,1H3;1H/q+1;/p-1. The van der Waals surface area contributed by atoms with E-state index in [9.17, 15) is 0 Å². The minimum Gasteiger partial charge on any atom is -1.00 e. The van der Waals surface area contributed by atoms with Crippen LogP contribution in [0.5, 0.6) is 0 Å². The van der Waals surface area contributed by atoms with Crippen molar-refractivity contribution in [1.82, 2.24) is 4.57 Å². The Labute approximate surface area is 211 Å². The third-order valence-electron chi connectivity index (χ3n) is 7.07. The van der Waals surface area contributed by atoms with Crippen LogP contribution in [0.3, 0.4) is 0 Å². The number of aryl methyl sites for hydroxylation is 1. The average molecular weight is 475 g/mol. The van der Waals surface area contributed by atoms with Gasteiger partial charge in [0.25, 0.3) is 0 Å². The highest BCUT2D eigenvalue weighted by Crippen LogP contribution is 2.29. The molecule has 0 radical (unpaired) electrons. The fourth-order valence-corrected chi connectivity index (χ4v) is 4.86. The summed E-state index contributed by atoms with van der Waals surface area (Å²) in [5.41, 5.74) is 0.0693. The minimum absolute atomic E-state index is 0.